The minimum absolute atomic E-state index is 0.275. The lowest BCUT2D eigenvalue weighted by atomic mass is 10.3. The van der Waals surface area contributed by atoms with E-state index in [9.17, 15) is 4.79 Å². The molecule has 1 fully saturated rings. The summed E-state index contributed by atoms with van der Waals surface area (Å²) < 4.78 is 0. The van der Waals surface area contributed by atoms with Gasteiger partial charge in [0.2, 0.25) is 0 Å². The fourth-order valence-electron chi connectivity index (χ4n) is 1.89. The molecule has 1 aromatic rings. The maximum absolute atomic E-state index is 11.3. The molecule has 0 atom stereocenters. The Morgan fingerprint density at radius 2 is 2.20 bits per heavy atom. The minimum atomic E-state index is -0.275. The summed E-state index contributed by atoms with van der Waals surface area (Å²) in [6, 6.07) is 1.93. The summed E-state index contributed by atoms with van der Waals surface area (Å²) in [6.45, 7) is 2.54. The van der Waals surface area contributed by atoms with Crippen LogP contribution >= 0.6 is 0 Å². The molecule has 0 amide bonds. The van der Waals surface area contributed by atoms with Crippen molar-refractivity contribution < 1.29 is 0 Å². The highest BCUT2D eigenvalue weighted by Gasteiger charge is 2.14. The number of nitrogens with two attached hydrogens (primary N) is 1. The van der Waals surface area contributed by atoms with Crippen molar-refractivity contribution in [3.63, 3.8) is 0 Å². The van der Waals surface area contributed by atoms with E-state index in [0.29, 0.717) is 13.0 Å². The van der Waals surface area contributed by atoms with Crippen LogP contribution in [0.1, 0.15) is 18.5 Å². The van der Waals surface area contributed by atoms with E-state index in [1.165, 1.54) is 12.8 Å². The first-order chi connectivity index (χ1) is 7.29. The third-order valence-corrected chi connectivity index (χ3v) is 2.63. The Morgan fingerprint density at radius 3 is 2.87 bits per heavy atom. The molecule has 0 spiro atoms. The summed E-state index contributed by atoms with van der Waals surface area (Å²) in [4.78, 5) is 20.1. The fourth-order valence-corrected chi connectivity index (χ4v) is 1.89. The van der Waals surface area contributed by atoms with Crippen LogP contribution in [0.3, 0.4) is 0 Å². The second kappa shape index (κ2) is 4.44. The Morgan fingerprint density at radius 1 is 1.47 bits per heavy atom. The highest BCUT2D eigenvalue weighted by atomic mass is 16.1. The molecule has 1 saturated heterocycles. The van der Waals surface area contributed by atoms with E-state index in [2.05, 4.69) is 14.9 Å². The van der Waals surface area contributed by atoms with Crippen molar-refractivity contribution in [2.45, 2.75) is 19.3 Å². The Labute approximate surface area is 88.3 Å². The van der Waals surface area contributed by atoms with Crippen molar-refractivity contribution in [2.75, 3.05) is 24.5 Å². The monoisotopic (exact) mass is 208 g/mol. The highest BCUT2D eigenvalue weighted by Crippen LogP contribution is 2.16. The molecule has 82 valence electrons. The van der Waals surface area contributed by atoms with Gasteiger partial charge in [-0.05, 0) is 19.4 Å². The third-order valence-electron chi connectivity index (χ3n) is 2.63. The van der Waals surface area contributed by atoms with Gasteiger partial charge in [0.1, 0.15) is 5.82 Å². The van der Waals surface area contributed by atoms with E-state index >= 15 is 0 Å². The van der Waals surface area contributed by atoms with Crippen LogP contribution in [0.25, 0.3) is 0 Å². The number of anilines is 1. The van der Waals surface area contributed by atoms with Crippen molar-refractivity contribution in [3.8, 4) is 0 Å². The lowest BCUT2D eigenvalue weighted by Gasteiger charge is -2.16. The lowest BCUT2D eigenvalue weighted by molar-refractivity contribution is 0.860. The highest BCUT2D eigenvalue weighted by molar-refractivity contribution is 5.39. The van der Waals surface area contributed by atoms with E-state index in [-0.39, 0.29) is 5.69 Å². The minimum Gasteiger partial charge on any atom is -0.356 e. The van der Waals surface area contributed by atoms with E-state index in [4.69, 9.17) is 5.73 Å². The van der Waals surface area contributed by atoms with Gasteiger partial charge in [0.05, 0.1) is 0 Å². The van der Waals surface area contributed by atoms with Gasteiger partial charge >= 0.3 is 5.69 Å². The summed E-state index contributed by atoms with van der Waals surface area (Å²) >= 11 is 0. The van der Waals surface area contributed by atoms with Gasteiger partial charge in [0.25, 0.3) is 0 Å². The first-order valence-electron chi connectivity index (χ1n) is 5.35. The number of aromatic nitrogens is 2. The normalized spacial score (nSPS) is 15.9. The van der Waals surface area contributed by atoms with E-state index in [1.807, 2.05) is 6.07 Å². The van der Waals surface area contributed by atoms with E-state index in [0.717, 1.165) is 24.6 Å². The zero-order valence-corrected chi connectivity index (χ0v) is 8.70. The Balaban J connectivity index is 2.26. The number of aromatic amines is 1. The zero-order valence-electron chi connectivity index (χ0n) is 8.70. The molecule has 5 nitrogen and oxygen atoms in total. The van der Waals surface area contributed by atoms with Crippen LogP contribution in [0.4, 0.5) is 5.82 Å². The topological polar surface area (TPSA) is 75.0 Å². The molecule has 0 bridgehead atoms. The first kappa shape index (κ1) is 10.2. The van der Waals surface area contributed by atoms with Gasteiger partial charge in [-0.3, -0.25) is 0 Å². The van der Waals surface area contributed by atoms with Crippen molar-refractivity contribution in [3.05, 3.63) is 22.2 Å². The second-order valence-electron chi connectivity index (χ2n) is 3.80. The van der Waals surface area contributed by atoms with Gasteiger partial charge in [0, 0.05) is 31.3 Å². The maximum atomic E-state index is 11.3. The lowest BCUT2D eigenvalue weighted by Crippen LogP contribution is -2.24. The van der Waals surface area contributed by atoms with Crippen LogP contribution in [0.2, 0.25) is 0 Å². The molecular weight excluding hydrogens is 192 g/mol. The number of hydrogen-bond acceptors (Lipinski definition) is 4. The predicted octanol–water partition coefficient (Wildman–Crippen LogP) is -0.129. The van der Waals surface area contributed by atoms with Gasteiger partial charge in [0.15, 0.2) is 0 Å². The Kier molecular flexibility index (Phi) is 3.01. The van der Waals surface area contributed by atoms with Gasteiger partial charge in [-0.1, -0.05) is 0 Å². The Hall–Kier alpha value is -1.36. The molecule has 1 aliphatic heterocycles. The van der Waals surface area contributed by atoms with Crippen molar-refractivity contribution in [1.82, 2.24) is 9.97 Å². The first-order valence-corrected chi connectivity index (χ1v) is 5.35. The molecule has 5 heteroatoms. The van der Waals surface area contributed by atoms with Crippen LogP contribution in [-0.2, 0) is 6.42 Å². The SMILES string of the molecule is NCCc1cc(N2CCCC2)nc(=O)[nH]1. The average molecular weight is 208 g/mol. The third kappa shape index (κ3) is 2.36. The van der Waals surface area contributed by atoms with E-state index < -0.39 is 0 Å². The molecule has 2 rings (SSSR count). The Bertz CT molecular complexity index is 381. The summed E-state index contributed by atoms with van der Waals surface area (Å²) in [5.74, 6) is 0.791. The summed E-state index contributed by atoms with van der Waals surface area (Å²) in [6.07, 6.45) is 3.06. The molecule has 0 aliphatic carbocycles. The fraction of sp³-hybridized carbons (Fsp3) is 0.600. The number of nitrogens with zero attached hydrogens (tertiary/aromatic N) is 2. The number of hydrogen-bond donors (Lipinski definition) is 2. The zero-order chi connectivity index (χ0) is 10.7. The second-order valence-corrected chi connectivity index (χ2v) is 3.80. The molecule has 0 saturated carbocycles. The molecular formula is C10H16N4O. The molecule has 0 aromatic carbocycles. The molecule has 3 N–H and O–H groups in total. The van der Waals surface area contributed by atoms with Gasteiger partial charge in [-0.25, -0.2) is 4.79 Å². The number of rotatable bonds is 3. The molecule has 0 unspecified atom stereocenters. The summed E-state index contributed by atoms with van der Waals surface area (Å²) in [5.41, 5.74) is 6.06. The molecule has 2 heterocycles. The van der Waals surface area contributed by atoms with Crippen LogP contribution < -0.4 is 16.3 Å². The number of nitrogens with one attached hydrogen (secondary N) is 1. The predicted molar refractivity (Wildman–Crippen MR) is 59.1 cm³/mol. The van der Waals surface area contributed by atoms with Crippen LogP contribution in [0, 0.1) is 0 Å². The smallest absolute Gasteiger partial charge is 0.347 e. The molecule has 1 aromatic heterocycles. The van der Waals surface area contributed by atoms with Gasteiger partial charge in [-0.15, -0.1) is 0 Å². The summed E-state index contributed by atoms with van der Waals surface area (Å²) in [7, 11) is 0. The molecule has 1 aliphatic rings. The van der Waals surface area contributed by atoms with Crippen molar-refractivity contribution in [2.24, 2.45) is 5.73 Å². The largest absolute Gasteiger partial charge is 0.356 e. The maximum Gasteiger partial charge on any atom is 0.347 e. The van der Waals surface area contributed by atoms with Gasteiger partial charge < -0.3 is 15.6 Å². The van der Waals surface area contributed by atoms with Crippen LogP contribution in [-0.4, -0.2) is 29.6 Å². The number of H-pyrrole nitrogens is 1. The van der Waals surface area contributed by atoms with Gasteiger partial charge in [-0.2, -0.15) is 4.98 Å². The van der Waals surface area contributed by atoms with Crippen molar-refractivity contribution >= 4 is 5.82 Å². The van der Waals surface area contributed by atoms with Crippen LogP contribution in [0.15, 0.2) is 10.9 Å². The quantitative estimate of drug-likeness (QED) is 0.725. The average Bonchev–Trinajstić information content (AvgIpc) is 2.70. The standard InChI is InChI=1S/C10H16N4O/c11-4-3-8-7-9(13-10(15)12-8)14-5-1-2-6-14/h7H,1-6,11H2,(H,12,13,15). The molecule has 0 radical (unpaired) electrons. The van der Waals surface area contributed by atoms with Crippen molar-refractivity contribution in [1.29, 1.82) is 0 Å². The van der Waals surface area contributed by atoms with E-state index in [1.54, 1.807) is 0 Å². The molecule has 15 heavy (non-hydrogen) atoms. The van der Waals surface area contributed by atoms with Crippen LogP contribution in [0.5, 0.6) is 0 Å². The summed E-state index contributed by atoms with van der Waals surface area (Å²) in [5, 5.41) is 0.